The lowest BCUT2D eigenvalue weighted by atomic mass is 9.84. The van der Waals surface area contributed by atoms with Gasteiger partial charge in [0.2, 0.25) is 0 Å². The van der Waals surface area contributed by atoms with E-state index >= 15 is 0 Å². The first-order valence-electron chi connectivity index (χ1n) is 11.6. The van der Waals surface area contributed by atoms with E-state index in [0.29, 0.717) is 17.0 Å². The molecule has 11 nitrogen and oxygen atoms in total. The summed E-state index contributed by atoms with van der Waals surface area (Å²) in [6.07, 6.45) is 2.13. The maximum Gasteiger partial charge on any atom is 0.296 e. The number of aryl methyl sites for hydroxylation is 1. The second-order valence-electron chi connectivity index (χ2n) is 9.38. The fourth-order valence-electron chi connectivity index (χ4n) is 5.12. The number of carbonyl (C=O) groups excluding carboxylic acids is 1. The van der Waals surface area contributed by atoms with Crippen molar-refractivity contribution in [3.63, 3.8) is 0 Å². The van der Waals surface area contributed by atoms with Crippen molar-refractivity contribution in [3.05, 3.63) is 69.9 Å². The van der Waals surface area contributed by atoms with Crippen LogP contribution in [0.1, 0.15) is 24.0 Å². The number of benzene rings is 2. The molecule has 36 heavy (non-hydrogen) atoms. The number of carbonyl (C=O) groups is 1. The molecule has 2 aromatic carbocycles. The number of hydrogen-bond acceptors (Lipinski definition) is 8. The van der Waals surface area contributed by atoms with Crippen molar-refractivity contribution in [1.29, 1.82) is 0 Å². The number of hydrogen-bond donors (Lipinski definition) is 2. The zero-order valence-electron chi connectivity index (χ0n) is 19.5. The van der Waals surface area contributed by atoms with Gasteiger partial charge in [-0.25, -0.2) is 0 Å². The van der Waals surface area contributed by atoms with Crippen LogP contribution >= 0.6 is 0 Å². The van der Waals surface area contributed by atoms with Crippen molar-refractivity contribution in [2.24, 2.45) is 5.92 Å². The smallest absolute Gasteiger partial charge is 0.296 e. The molecule has 2 N–H and O–H groups in total. The number of nitrogens with one attached hydrogen (secondary N) is 1. The number of non-ortho nitro benzene ring substituents is 1. The molecule has 6 rings (SSSR count). The minimum absolute atomic E-state index is 0.0620. The highest BCUT2D eigenvalue weighted by atomic mass is 32.2. The molecule has 0 aliphatic carbocycles. The Hall–Kier alpha value is -3.48. The molecule has 12 heteroatoms. The van der Waals surface area contributed by atoms with Crippen LogP contribution in [0.3, 0.4) is 0 Å². The molecule has 1 amide bonds. The van der Waals surface area contributed by atoms with Gasteiger partial charge in [-0.2, -0.15) is 8.42 Å². The number of nitro groups is 1. The molecule has 0 saturated carbocycles. The predicted octanol–water partition coefficient (Wildman–Crippen LogP) is 2.52. The van der Waals surface area contributed by atoms with Crippen LogP contribution in [-0.2, 0) is 19.6 Å². The zero-order valence-corrected chi connectivity index (χ0v) is 20.3. The number of fused-ring (bicyclic) bond motifs is 3. The molecular formula is C24H26N4O7S. The van der Waals surface area contributed by atoms with Gasteiger partial charge in [0.15, 0.2) is 0 Å². The Bertz CT molecular complexity index is 1350. The number of nitrogens with zero attached hydrogens (tertiary/aromatic N) is 3. The van der Waals surface area contributed by atoms with Gasteiger partial charge in [0.1, 0.15) is 10.7 Å². The van der Waals surface area contributed by atoms with E-state index in [1.807, 2.05) is 0 Å². The summed E-state index contributed by atoms with van der Waals surface area (Å²) in [7, 11) is -4.63. The highest BCUT2D eigenvalue weighted by Crippen LogP contribution is 2.37. The fourth-order valence-corrected chi connectivity index (χ4v) is 5.79. The Labute approximate surface area is 208 Å². The normalized spacial score (nSPS) is 25.3. The lowest BCUT2D eigenvalue weighted by Gasteiger charge is -2.45. The summed E-state index contributed by atoms with van der Waals surface area (Å²) in [6.45, 7) is 4.49. The van der Waals surface area contributed by atoms with Crippen LogP contribution in [0.5, 0.6) is 0 Å². The molecule has 3 fully saturated rings. The van der Waals surface area contributed by atoms with E-state index in [4.69, 9.17) is 4.74 Å². The lowest BCUT2D eigenvalue weighted by Crippen LogP contribution is -2.59. The number of rotatable bonds is 6. The average molecular weight is 515 g/mol. The van der Waals surface area contributed by atoms with Crippen molar-refractivity contribution < 1.29 is 27.4 Å². The van der Waals surface area contributed by atoms with E-state index in [1.165, 1.54) is 47.5 Å². The van der Waals surface area contributed by atoms with Crippen LogP contribution in [0.4, 0.5) is 11.4 Å². The van der Waals surface area contributed by atoms with E-state index in [2.05, 4.69) is 10.2 Å². The number of amides is 1. The summed E-state index contributed by atoms with van der Waals surface area (Å²) in [4.78, 5) is 27.5. The summed E-state index contributed by atoms with van der Waals surface area (Å²) >= 11 is 0. The van der Waals surface area contributed by atoms with Crippen LogP contribution in [0.25, 0.3) is 5.76 Å². The Balaban J connectivity index is 1.53. The summed E-state index contributed by atoms with van der Waals surface area (Å²) in [5.74, 6) is 0.0501. The number of ether oxygens (including phenoxy) is 1. The molecular weight excluding hydrogens is 488 g/mol. The second-order valence-corrected chi connectivity index (χ2v) is 10.8. The quantitative estimate of drug-likeness (QED) is 0.338. The Morgan fingerprint density at radius 2 is 1.94 bits per heavy atom. The summed E-state index contributed by atoms with van der Waals surface area (Å²) in [6, 6.07) is 10.0. The molecule has 4 heterocycles. The van der Waals surface area contributed by atoms with Gasteiger partial charge in [0, 0.05) is 30.3 Å². The second kappa shape index (κ2) is 9.19. The fraction of sp³-hybridized carbons (Fsp3) is 0.375. The van der Waals surface area contributed by atoms with Crippen LogP contribution < -0.4 is 10.2 Å². The molecule has 4 aliphatic heterocycles. The van der Waals surface area contributed by atoms with Crippen LogP contribution in [-0.4, -0.2) is 60.6 Å². The SMILES string of the molecule is Cc1ccc(S(=O)(=O)O)c(N2C=C(c3cccc([N+](=O)[O-])c3)OC2C(=O)N[C@H]2CN3CCC2CC3)c1. The van der Waals surface area contributed by atoms with Crippen molar-refractivity contribution in [2.45, 2.75) is 36.9 Å². The van der Waals surface area contributed by atoms with E-state index in [1.54, 1.807) is 13.0 Å². The minimum Gasteiger partial charge on any atom is -0.458 e. The minimum atomic E-state index is -4.63. The van der Waals surface area contributed by atoms with Crippen LogP contribution in [0.15, 0.2) is 53.6 Å². The lowest BCUT2D eigenvalue weighted by molar-refractivity contribution is -0.384. The summed E-state index contributed by atoms with van der Waals surface area (Å²) in [5.41, 5.74) is 0.962. The van der Waals surface area contributed by atoms with Crippen molar-refractivity contribution in [3.8, 4) is 0 Å². The Kier molecular flexibility index (Phi) is 6.18. The van der Waals surface area contributed by atoms with Crippen molar-refractivity contribution in [1.82, 2.24) is 10.2 Å². The molecule has 3 saturated heterocycles. The van der Waals surface area contributed by atoms with Gasteiger partial charge in [-0.15, -0.1) is 0 Å². The first kappa shape index (κ1) is 24.2. The van der Waals surface area contributed by atoms with Gasteiger partial charge in [0.25, 0.3) is 27.9 Å². The monoisotopic (exact) mass is 514 g/mol. The first-order valence-corrected chi connectivity index (χ1v) is 13.1. The van der Waals surface area contributed by atoms with Gasteiger partial charge in [-0.3, -0.25) is 24.4 Å². The standard InChI is InChI=1S/C24H26N4O7S/c1-15-5-6-22(36(32,33)34)20(11-15)27-14-21(17-3-2-4-18(12-17)28(30)31)35-24(27)23(29)25-19-13-26-9-7-16(19)8-10-26/h2-6,11-12,14,16,19,24H,7-10,13H2,1H3,(H,25,29)(H,32,33,34)/t19-,24?/m0/s1. The molecule has 190 valence electrons. The molecule has 2 aromatic rings. The van der Waals surface area contributed by atoms with E-state index in [9.17, 15) is 27.9 Å². The topological polar surface area (TPSA) is 142 Å². The highest BCUT2D eigenvalue weighted by molar-refractivity contribution is 7.86. The van der Waals surface area contributed by atoms with Crippen molar-refractivity contribution >= 4 is 33.2 Å². The molecule has 2 atom stereocenters. The van der Waals surface area contributed by atoms with Gasteiger partial charge >= 0.3 is 0 Å². The Morgan fingerprint density at radius 3 is 2.58 bits per heavy atom. The number of piperidine rings is 3. The predicted molar refractivity (Wildman–Crippen MR) is 131 cm³/mol. The molecule has 0 radical (unpaired) electrons. The molecule has 2 bridgehead atoms. The summed E-state index contributed by atoms with van der Waals surface area (Å²) in [5, 5.41) is 14.3. The van der Waals surface area contributed by atoms with Crippen LogP contribution in [0.2, 0.25) is 0 Å². The maximum atomic E-state index is 13.5. The maximum absolute atomic E-state index is 13.5. The van der Waals surface area contributed by atoms with Crippen LogP contribution in [0, 0.1) is 23.0 Å². The third-order valence-corrected chi connectivity index (χ3v) is 7.87. The van der Waals surface area contributed by atoms with E-state index in [-0.39, 0.29) is 28.1 Å². The van der Waals surface area contributed by atoms with Gasteiger partial charge in [-0.1, -0.05) is 18.2 Å². The molecule has 0 spiro atoms. The molecule has 0 aromatic heterocycles. The third kappa shape index (κ3) is 4.66. The first-order chi connectivity index (χ1) is 17.1. The van der Waals surface area contributed by atoms with Gasteiger partial charge in [0.05, 0.1) is 16.8 Å². The van der Waals surface area contributed by atoms with Gasteiger partial charge < -0.3 is 15.0 Å². The number of anilines is 1. The van der Waals surface area contributed by atoms with Gasteiger partial charge in [-0.05, 0) is 56.5 Å². The van der Waals surface area contributed by atoms with Crippen molar-refractivity contribution in [2.75, 3.05) is 24.5 Å². The summed E-state index contributed by atoms with van der Waals surface area (Å²) < 4.78 is 40.2. The molecule has 1 unspecified atom stereocenters. The largest absolute Gasteiger partial charge is 0.458 e. The molecule has 4 aliphatic rings. The Morgan fingerprint density at radius 1 is 1.19 bits per heavy atom. The third-order valence-electron chi connectivity index (χ3n) is 6.97. The number of nitro benzene ring substituents is 1. The van der Waals surface area contributed by atoms with E-state index in [0.717, 1.165) is 32.5 Å². The zero-order chi connectivity index (χ0) is 25.6. The van der Waals surface area contributed by atoms with E-state index < -0.39 is 27.2 Å². The average Bonchev–Trinajstić information content (AvgIpc) is 3.30. The highest BCUT2D eigenvalue weighted by Gasteiger charge is 2.41.